The molecule has 3 aromatic rings. The summed E-state index contributed by atoms with van der Waals surface area (Å²) in [7, 11) is 0. The maximum atomic E-state index is 12.8. The van der Waals surface area contributed by atoms with Gasteiger partial charge in [-0.05, 0) is 24.6 Å². The summed E-state index contributed by atoms with van der Waals surface area (Å²) in [5.41, 5.74) is 2.37. The van der Waals surface area contributed by atoms with E-state index in [-0.39, 0.29) is 24.1 Å². The van der Waals surface area contributed by atoms with Gasteiger partial charge in [0.25, 0.3) is 5.56 Å². The van der Waals surface area contributed by atoms with Crippen LogP contribution in [0.25, 0.3) is 10.9 Å². The molecule has 1 aromatic heterocycles. The predicted molar refractivity (Wildman–Crippen MR) is 114 cm³/mol. The summed E-state index contributed by atoms with van der Waals surface area (Å²) in [5, 5.41) is 10.1. The van der Waals surface area contributed by atoms with Gasteiger partial charge in [0.1, 0.15) is 12.6 Å². The Hall–Kier alpha value is -3.50. The molecule has 152 valence electrons. The minimum absolute atomic E-state index is 0.0317. The van der Waals surface area contributed by atoms with Crippen molar-refractivity contribution in [2.24, 2.45) is 0 Å². The van der Waals surface area contributed by atoms with Crippen molar-refractivity contribution in [1.82, 2.24) is 19.4 Å². The fourth-order valence-corrected chi connectivity index (χ4v) is 3.86. The SMILES string of the molecule is Cc1ccc2ncn(CC(=O)N3CCN(C(C#N)c4ccccc4)CC3)c(=O)c2c1. The number of aromatic nitrogens is 2. The third-order valence-electron chi connectivity index (χ3n) is 5.55. The maximum Gasteiger partial charge on any atom is 0.261 e. The van der Waals surface area contributed by atoms with Gasteiger partial charge < -0.3 is 4.90 Å². The molecule has 4 rings (SSSR count). The van der Waals surface area contributed by atoms with Gasteiger partial charge >= 0.3 is 0 Å². The first-order valence-corrected chi connectivity index (χ1v) is 9.99. The molecular weight excluding hydrogens is 378 g/mol. The van der Waals surface area contributed by atoms with Gasteiger partial charge in [-0.25, -0.2) is 4.98 Å². The number of fused-ring (bicyclic) bond motifs is 1. The van der Waals surface area contributed by atoms with Crippen LogP contribution in [0.2, 0.25) is 0 Å². The van der Waals surface area contributed by atoms with E-state index in [9.17, 15) is 14.9 Å². The Morgan fingerprint density at radius 3 is 2.57 bits per heavy atom. The largest absolute Gasteiger partial charge is 0.339 e. The number of benzene rings is 2. The van der Waals surface area contributed by atoms with E-state index in [4.69, 9.17) is 0 Å². The van der Waals surface area contributed by atoms with Gasteiger partial charge in [-0.15, -0.1) is 0 Å². The summed E-state index contributed by atoms with van der Waals surface area (Å²) in [5.74, 6) is -0.112. The first-order valence-electron chi connectivity index (χ1n) is 9.99. The van der Waals surface area contributed by atoms with E-state index in [1.165, 1.54) is 10.9 Å². The predicted octanol–water partition coefficient (Wildman–Crippen LogP) is 2.11. The number of aryl methyl sites for hydroxylation is 1. The third-order valence-corrected chi connectivity index (χ3v) is 5.55. The zero-order chi connectivity index (χ0) is 21.1. The second-order valence-electron chi connectivity index (χ2n) is 7.56. The second kappa shape index (κ2) is 8.47. The molecule has 1 amide bonds. The van der Waals surface area contributed by atoms with E-state index in [0.717, 1.165) is 11.1 Å². The molecule has 0 spiro atoms. The Labute approximate surface area is 174 Å². The van der Waals surface area contributed by atoms with Gasteiger partial charge in [0, 0.05) is 26.2 Å². The number of carbonyl (C=O) groups is 1. The van der Waals surface area contributed by atoms with Crippen molar-refractivity contribution in [2.45, 2.75) is 19.5 Å². The lowest BCUT2D eigenvalue weighted by Crippen LogP contribution is -2.50. The fraction of sp³-hybridized carbons (Fsp3) is 0.304. The van der Waals surface area contributed by atoms with Crippen LogP contribution in [-0.4, -0.2) is 51.4 Å². The van der Waals surface area contributed by atoms with Crippen molar-refractivity contribution in [1.29, 1.82) is 5.26 Å². The van der Waals surface area contributed by atoms with Crippen molar-refractivity contribution in [2.75, 3.05) is 26.2 Å². The quantitative estimate of drug-likeness (QED) is 0.669. The van der Waals surface area contributed by atoms with Gasteiger partial charge in [-0.1, -0.05) is 42.0 Å². The highest BCUT2D eigenvalue weighted by Crippen LogP contribution is 2.21. The number of hydrogen-bond acceptors (Lipinski definition) is 5. The van der Waals surface area contributed by atoms with Crippen molar-refractivity contribution in [3.05, 3.63) is 76.3 Å². The van der Waals surface area contributed by atoms with E-state index in [1.807, 2.05) is 49.4 Å². The average molecular weight is 401 g/mol. The van der Waals surface area contributed by atoms with E-state index >= 15 is 0 Å². The standard InChI is InChI=1S/C23H23N5O2/c1-17-7-8-20-19(13-17)23(30)28(16-25-20)15-22(29)27-11-9-26(10-12-27)21(14-24)18-5-3-2-4-6-18/h2-8,13,16,21H,9-12,15H2,1H3. The minimum Gasteiger partial charge on any atom is -0.339 e. The number of piperazine rings is 1. The summed E-state index contributed by atoms with van der Waals surface area (Å²) in [4.78, 5) is 33.7. The van der Waals surface area contributed by atoms with Crippen molar-refractivity contribution in [3.63, 3.8) is 0 Å². The first kappa shape index (κ1) is 19.8. The highest BCUT2D eigenvalue weighted by atomic mass is 16.2. The molecular formula is C23H23N5O2. The van der Waals surface area contributed by atoms with E-state index in [1.54, 1.807) is 11.0 Å². The highest BCUT2D eigenvalue weighted by molar-refractivity contribution is 5.79. The molecule has 0 saturated carbocycles. The van der Waals surface area contributed by atoms with Gasteiger partial charge in [-0.3, -0.25) is 19.1 Å². The normalized spacial score (nSPS) is 15.7. The third kappa shape index (κ3) is 3.95. The van der Waals surface area contributed by atoms with Crippen LogP contribution in [0.15, 0.2) is 59.7 Å². The molecule has 1 aliphatic heterocycles. The molecule has 2 heterocycles. The Morgan fingerprint density at radius 2 is 1.87 bits per heavy atom. The molecule has 7 nitrogen and oxygen atoms in total. The number of carbonyl (C=O) groups excluding carboxylic acids is 1. The van der Waals surface area contributed by atoms with Gasteiger partial charge in [-0.2, -0.15) is 5.26 Å². The zero-order valence-corrected chi connectivity index (χ0v) is 16.9. The van der Waals surface area contributed by atoms with Gasteiger partial charge in [0.15, 0.2) is 0 Å². The molecule has 30 heavy (non-hydrogen) atoms. The summed E-state index contributed by atoms with van der Waals surface area (Å²) in [6, 6.07) is 17.3. The molecule has 1 aliphatic rings. The average Bonchev–Trinajstić information content (AvgIpc) is 2.78. The lowest BCUT2D eigenvalue weighted by atomic mass is 10.1. The molecule has 1 unspecified atom stereocenters. The molecule has 1 atom stereocenters. The summed E-state index contributed by atoms with van der Waals surface area (Å²) in [6.07, 6.45) is 1.44. The highest BCUT2D eigenvalue weighted by Gasteiger charge is 2.27. The number of rotatable bonds is 4. The fourth-order valence-electron chi connectivity index (χ4n) is 3.86. The Bertz CT molecular complexity index is 1160. The van der Waals surface area contributed by atoms with Crippen LogP contribution in [0, 0.1) is 18.3 Å². The van der Waals surface area contributed by atoms with Crippen LogP contribution in [0.3, 0.4) is 0 Å². The molecule has 2 aromatic carbocycles. The molecule has 0 bridgehead atoms. The molecule has 1 fully saturated rings. The molecule has 0 aliphatic carbocycles. The van der Waals surface area contributed by atoms with Crippen LogP contribution in [0.5, 0.6) is 0 Å². The Balaban J connectivity index is 1.43. The maximum absolute atomic E-state index is 12.8. The monoisotopic (exact) mass is 401 g/mol. The van der Waals surface area contributed by atoms with E-state index in [2.05, 4.69) is 16.0 Å². The summed E-state index contributed by atoms with van der Waals surface area (Å²) in [6.45, 7) is 4.17. The van der Waals surface area contributed by atoms with Crippen LogP contribution >= 0.6 is 0 Å². The summed E-state index contributed by atoms with van der Waals surface area (Å²) >= 11 is 0. The van der Waals surface area contributed by atoms with Crippen molar-refractivity contribution < 1.29 is 4.79 Å². The molecule has 0 radical (unpaired) electrons. The smallest absolute Gasteiger partial charge is 0.261 e. The van der Waals surface area contributed by atoms with Crippen LogP contribution < -0.4 is 5.56 Å². The Morgan fingerprint density at radius 1 is 1.13 bits per heavy atom. The first-order chi connectivity index (χ1) is 14.6. The number of nitrogens with zero attached hydrogens (tertiary/aromatic N) is 5. The molecule has 7 heteroatoms. The van der Waals surface area contributed by atoms with Crippen LogP contribution in [-0.2, 0) is 11.3 Å². The number of hydrogen-bond donors (Lipinski definition) is 0. The van der Waals surface area contributed by atoms with Crippen molar-refractivity contribution in [3.8, 4) is 6.07 Å². The number of amides is 1. The van der Waals surface area contributed by atoms with Crippen molar-refractivity contribution >= 4 is 16.8 Å². The zero-order valence-electron chi connectivity index (χ0n) is 16.9. The molecule has 0 N–H and O–H groups in total. The second-order valence-corrected chi connectivity index (χ2v) is 7.56. The topological polar surface area (TPSA) is 82.2 Å². The van der Waals surface area contributed by atoms with Crippen LogP contribution in [0.1, 0.15) is 17.2 Å². The van der Waals surface area contributed by atoms with Gasteiger partial charge in [0.2, 0.25) is 5.91 Å². The van der Waals surface area contributed by atoms with Crippen LogP contribution in [0.4, 0.5) is 0 Å². The number of nitriles is 1. The lowest BCUT2D eigenvalue weighted by Gasteiger charge is -2.37. The van der Waals surface area contributed by atoms with Gasteiger partial charge in [0.05, 0.1) is 23.3 Å². The Kier molecular flexibility index (Phi) is 5.59. The van der Waals surface area contributed by atoms with E-state index in [0.29, 0.717) is 37.1 Å². The lowest BCUT2D eigenvalue weighted by molar-refractivity contribution is -0.133. The molecule has 1 saturated heterocycles. The minimum atomic E-state index is -0.320. The van der Waals surface area contributed by atoms with E-state index < -0.39 is 0 Å². The summed E-state index contributed by atoms with van der Waals surface area (Å²) < 4.78 is 1.37.